The van der Waals surface area contributed by atoms with E-state index in [1.54, 1.807) is 18.2 Å². The van der Waals surface area contributed by atoms with Gasteiger partial charge in [-0.3, -0.25) is 9.59 Å². The molecule has 0 aromatic heterocycles. The van der Waals surface area contributed by atoms with Crippen molar-refractivity contribution < 1.29 is 24.2 Å². The van der Waals surface area contributed by atoms with Gasteiger partial charge in [0.15, 0.2) is 0 Å². The van der Waals surface area contributed by atoms with E-state index in [1.165, 1.54) is 12.3 Å². The van der Waals surface area contributed by atoms with E-state index in [0.29, 0.717) is 16.9 Å². The van der Waals surface area contributed by atoms with Gasteiger partial charge in [0, 0.05) is 5.56 Å². The Kier molecular flexibility index (Phi) is 4.99. The predicted octanol–water partition coefficient (Wildman–Crippen LogP) is 4.26. The molecule has 7 heteroatoms. The number of carbonyl (C=O) groups is 3. The van der Waals surface area contributed by atoms with Crippen LogP contribution < -0.4 is 4.74 Å². The summed E-state index contributed by atoms with van der Waals surface area (Å²) in [5, 5.41) is 16.5. The minimum atomic E-state index is -1.00. The summed E-state index contributed by atoms with van der Waals surface area (Å²) in [4.78, 5) is 37.4. The number of hydrazone groups is 1. The van der Waals surface area contributed by atoms with Crippen LogP contribution in [-0.2, 0) is 16.2 Å². The number of hydrogen-bond donors (Lipinski definition) is 1. The minimum Gasteiger partial charge on any atom is -0.488 e. The summed E-state index contributed by atoms with van der Waals surface area (Å²) in [6.07, 6.45) is 6.51. The number of carboxylic acids is 1. The van der Waals surface area contributed by atoms with Gasteiger partial charge in [-0.1, -0.05) is 54.6 Å². The van der Waals surface area contributed by atoms with Crippen molar-refractivity contribution in [3.63, 3.8) is 0 Å². The van der Waals surface area contributed by atoms with Crippen LogP contribution in [0.4, 0.5) is 0 Å². The highest BCUT2D eigenvalue weighted by Gasteiger charge is 2.59. The molecule has 3 aromatic rings. The van der Waals surface area contributed by atoms with Gasteiger partial charge < -0.3 is 9.84 Å². The van der Waals surface area contributed by atoms with E-state index in [1.807, 2.05) is 36.4 Å². The first-order chi connectivity index (χ1) is 17.0. The van der Waals surface area contributed by atoms with Crippen LogP contribution in [0.3, 0.4) is 0 Å². The van der Waals surface area contributed by atoms with Crippen LogP contribution in [0.15, 0.2) is 77.9 Å². The normalized spacial score (nSPS) is 24.6. The van der Waals surface area contributed by atoms with Crippen LogP contribution in [-0.4, -0.2) is 34.1 Å². The molecule has 2 fully saturated rings. The SMILES string of the molecule is O=C(O)c1cccc(COc2ccc3ccccc3c2C=NN2C(=O)C3C4C=CC(C4)C3C2=O)c1. The maximum absolute atomic E-state index is 13.0. The highest BCUT2D eigenvalue weighted by molar-refractivity contribution is 6.08. The van der Waals surface area contributed by atoms with Crippen LogP contribution in [0.5, 0.6) is 5.75 Å². The van der Waals surface area contributed by atoms with E-state index in [4.69, 9.17) is 4.74 Å². The molecule has 0 radical (unpaired) electrons. The molecule has 0 spiro atoms. The summed E-state index contributed by atoms with van der Waals surface area (Å²) < 4.78 is 6.07. The molecule has 3 aromatic carbocycles. The average Bonchev–Trinajstić information content (AvgIpc) is 3.56. The molecule has 3 aliphatic rings. The van der Waals surface area contributed by atoms with Gasteiger partial charge in [0.25, 0.3) is 11.8 Å². The Morgan fingerprint density at radius 1 is 1.00 bits per heavy atom. The standard InChI is InChI=1S/C28H22N2O5/c31-26-24-18-8-9-19(13-18)25(24)27(32)30(26)29-14-22-21-7-2-1-5-17(21)10-11-23(22)35-15-16-4-3-6-20(12-16)28(33)34/h1-12,14,18-19,24-25H,13,15H2,(H,33,34). The molecule has 4 atom stereocenters. The molecule has 6 rings (SSSR count). The molecular formula is C28H22N2O5. The monoisotopic (exact) mass is 466 g/mol. The molecule has 35 heavy (non-hydrogen) atoms. The first-order valence-electron chi connectivity index (χ1n) is 11.6. The van der Waals surface area contributed by atoms with E-state index < -0.39 is 5.97 Å². The number of aromatic carboxylic acids is 1. The molecule has 174 valence electrons. The number of allylic oxidation sites excluding steroid dienone is 2. The first kappa shape index (κ1) is 21.3. The number of ether oxygens (including phenoxy) is 1. The number of imide groups is 1. The van der Waals surface area contributed by atoms with Gasteiger partial charge in [-0.15, -0.1) is 0 Å². The van der Waals surface area contributed by atoms with Crippen molar-refractivity contribution in [3.8, 4) is 5.75 Å². The number of benzene rings is 3. The third-order valence-corrected chi connectivity index (χ3v) is 7.25. The van der Waals surface area contributed by atoms with Gasteiger partial charge in [0.1, 0.15) is 12.4 Å². The number of rotatable bonds is 6. The van der Waals surface area contributed by atoms with E-state index in [2.05, 4.69) is 17.3 Å². The molecule has 4 unspecified atom stereocenters. The molecule has 1 heterocycles. The minimum absolute atomic E-state index is 0.125. The zero-order valence-corrected chi connectivity index (χ0v) is 18.7. The molecule has 2 aliphatic carbocycles. The van der Waals surface area contributed by atoms with Crippen molar-refractivity contribution in [3.05, 3.63) is 89.5 Å². The predicted molar refractivity (Wildman–Crippen MR) is 129 cm³/mol. The van der Waals surface area contributed by atoms with Gasteiger partial charge in [0.05, 0.1) is 23.6 Å². The Morgan fingerprint density at radius 3 is 2.49 bits per heavy atom. The van der Waals surface area contributed by atoms with Crippen LogP contribution in [0, 0.1) is 23.7 Å². The fourth-order valence-electron chi connectivity index (χ4n) is 5.61. The van der Waals surface area contributed by atoms with Crippen molar-refractivity contribution in [2.75, 3.05) is 0 Å². The number of carboxylic acid groups (broad SMARTS) is 1. The molecule has 1 saturated carbocycles. The van der Waals surface area contributed by atoms with Gasteiger partial charge in [-0.05, 0) is 52.8 Å². The van der Waals surface area contributed by atoms with Crippen LogP contribution in [0.2, 0.25) is 0 Å². The summed E-state index contributed by atoms with van der Waals surface area (Å²) in [5.41, 5.74) is 1.55. The number of amides is 2. The molecule has 7 nitrogen and oxygen atoms in total. The lowest BCUT2D eigenvalue weighted by Crippen LogP contribution is -2.28. The summed E-state index contributed by atoms with van der Waals surface area (Å²) in [6.45, 7) is 0.154. The molecule has 2 bridgehead atoms. The van der Waals surface area contributed by atoms with Crippen molar-refractivity contribution in [1.29, 1.82) is 0 Å². The number of fused-ring (bicyclic) bond motifs is 6. The largest absolute Gasteiger partial charge is 0.488 e. The molecule has 1 aliphatic heterocycles. The van der Waals surface area contributed by atoms with Gasteiger partial charge in [-0.2, -0.15) is 10.1 Å². The van der Waals surface area contributed by atoms with Crippen molar-refractivity contribution in [2.24, 2.45) is 28.8 Å². The van der Waals surface area contributed by atoms with Crippen molar-refractivity contribution in [2.45, 2.75) is 13.0 Å². The zero-order valence-electron chi connectivity index (χ0n) is 18.7. The highest BCUT2D eigenvalue weighted by atomic mass is 16.5. The first-order valence-corrected chi connectivity index (χ1v) is 11.6. The van der Waals surface area contributed by atoms with Gasteiger partial charge in [-0.25, -0.2) is 4.79 Å². The highest BCUT2D eigenvalue weighted by Crippen LogP contribution is 2.52. The third kappa shape index (κ3) is 3.51. The van der Waals surface area contributed by atoms with E-state index >= 15 is 0 Å². The topological polar surface area (TPSA) is 96.3 Å². The summed E-state index contributed by atoms with van der Waals surface area (Å²) >= 11 is 0. The molecule has 2 amide bonds. The Labute approximate surface area is 201 Å². The second kappa shape index (κ2) is 8.20. The smallest absolute Gasteiger partial charge is 0.335 e. The Morgan fingerprint density at radius 2 is 1.74 bits per heavy atom. The van der Waals surface area contributed by atoms with E-state index in [-0.39, 0.29) is 47.7 Å². The Balaban J connectivity index is 1.31. The fraction of sp³-hybridized carbons (Fsp3) is 0.214. The maximum Gasteiger partial charge on any atom is 0.335 e. The second-order valence-electron chi connectivity index (χ2n) is 9.23. The lowest BCUT2D eigenvalue weighted by molar-refractivity contribution is -0.140. The molecular weight excluding hydrogens is 444 g/mol. The number of carbonyl (C=O) groups excluding carboxylic acids is 2. The molecule has 1 N–H and O–H groups in total. The summed E-state index contributed by atoms with van der Waals surface area (Å²) in [6, 6.07) is 18.0. The van der Waals surface area contributed by atoms with E-state index in [9.17, 15) is 19.5 Å². The van der Waals surface area contributed by atoms with Crippen LogP contribution in [0.1, 0.15) is 27.9 Å². The maximum atomic E-state index is 13.0. The summed E-state index contributed by atoms with van der Waals surface area (Å²) in [7, 11) is 0. The number of hydrogen-bond acceptors (Lipinski definition) is 5. The average molecular weight is 466 g/mol. The Bertz CT molecular complexity index is 1410. The Hall–Kier alpha value is -4.26. The lowest BCUT2D eigenvalue weighted by Gasteiger charge is -2.14. The molecule has 1 saturated heterocycles. The quantitative estimate of drug-likeness (QED) is 0.333. The van der Waals surface area contributed by atoms with Crippen molar-refractivity contribution in [1.82, 2.24) is 5.01 Å². The third-order valence-electron chi connectivity index (χ3n) is 7.25. The number of nitrogens with zero attached hydrogens (tertiary/aromatic N) is 2. The van der Waals surface area contributed by atoms with Gasteiger partial charge >= 0.3 is 5.97 Å². The van der Waals surface area contributed by atoms with Crippen LogP contribution >= 0.6 is 0 Å². The fourth-order valence-corrected chi connectivity index (χ4v) is 5.61. The van der Waals surface area contributed by atoms with Crippen molar-refractivity contribution >= 4 is 34.8 Å². The second-order valence-corrected chi connectivity index (χ2v) is 9.23. The summed E-state index contributed by atoms with van der Waals surface area (Å²) in [5.74, 6) is -1.31. The van der Waals surface area contributed by atoms with Crippen LogP contribution in [0.25, 0.3) is 10.8 Å². The van der Waals surface area contributed by atoms with Gasteiger partial charge in [0.2, 0.25) is 0 Å². The lowest BCUT2D eigenvalue weighted by atomic mass is 9.85. The van der Waals surface area contributed by atoms with E-state index in [0.717, 1.165) is 22.2 Å². The zero-order chi connectivity index (χ0) is 24.1.